The zero-order valence-electron chi connectivity index (χ0n) is 8.47. The first-order chi connectivity index (χ1) is 7.22. The molecule has 0 aromatic carbocycles. The molecule has 2 aromatic rings. The van der Waals surface area contributed by atoms with Crippen molar-refractivity contribution in [3.05, 3.63) is 28.8 Å². The minimum absolute atomic E-state index is 0.566. The third-order valence-electron chi connectivity index (χ3n) is 2.27. The van der Waals surface area contributed by atoms with Crippen LogP contribution in [0.3, 0.4) is 0 Å². The first-order valence-corrected chi connectivity index (χ1v) is 5.21. The summed E-state index contributed by atoms with van der Waals surface area (Å²) in [6.07, 6.45) is 2.55. The Morgan fingerprint density at radius 2 is 2.33 bits per heavy atom. The molecule has 15 heavy (non-hydrogen) atoms. The Morgan fingerprint density at radius 3 is 2.87 bits per heavy atom. The Bertz CT molecular complexity index is 475. The van der Waals surface area contributed by atoms with Gasteiger partial charge in [-0.1, -0.05) is 0 Å². The van der Waals surface area contributed by atoms with E-state index in [0.717, 1.165) is 23.4 Å². The molecule has 0 aliphatic carbocycles. The SMILES string of the molecule is Cc1nn(Cc2cnsn2)c(C)c1C=O. The standard InChI is InChI=1S/C9H10N4OS/c1-6-9(5-14)7(2)13(11-6)4-8-3-10-15-12-8/h3,5H,4H2,1-2H3. The predicted octanol–water partition coefficient (Wildman–Crippen LogP) is 1.21. The van der Waals surface area contributed by atoms with Crippen molar-refractivity contribution in [1.82, 2.24) is 18.5 Å². The van der Waals surface area contributed by atoms with E-state index < -0.39 is 0 Å². The highest BCUT2D eigenvalue weighted by Gasteiger charge is 2.11. The van der Waals surface area contributed by atoms with Gasteiger partial charge in [0.05, 0.1) is 41.4 Å². The largest absolute Gasteiger partial charge is 0.298 e. The zero-order valence-corrected chi connectivity index (χ0v) is 9.28. The molecule has 0 radical (unpaired) electrons. The molecule has 0 saturated carbocycles. The second-order valence-corrected chi connectivity index (χ2v) is 3.82. The van der Waals surface area contributed by atoms with Crippen LogP contribution >= 0.6 is 11.7 Å². The van der Waals surface area contributed by atoms with Crippen LogP contribution in [0.5, 0.6) is 0 Å². The van der Waals surface area contributed by atoms with Gasteiger partial charge in [-0.05, 0) is 13.8 Å². The maximum atomic E-state index is 10.8. The number of rotatable bonds is 3. The fourth-order valence-corrected chi connectivity index (χ4v) is 1.87. The molecule has 2 aromatic heterocycles. The van der Waals surface area contributed by atoms with E-state index in [-0.39, 0.29) is 0 Å². The number of hydrogen-bond acceptors (Lipinski definition) is 5. The van der Waals surface area contributed by atoms with Crippen LogP contribution in [-0.2, 0) is 6.54 Å². The quantitative estimate of drug-likeness (QED) is 0.732. The van der Waals surface area contributed by atoms with E-state index in [2.05, 4.69) is 13.8 Å². The molecule has 0 atom stereocenters. The Kier molecular flexibility index (Phi) is 2.59. The molecule has 0 spiro atoms. The van der Waals surface area contributed by atoms with E-state index in [1.807, 2.05) is 13.8 Å². The average Bonchev–Trinajstić information content (AvgIpc) is 2.78. The predicted molar refractivity (Wildman–Crippen MR) is 56.1 cm³/mol. The van der Waals surface area contributed by atoms with E-state index in [0.29, 0.717) is 12.1 Å². The summed E-state index contributed by atoms with van der Waals surface area (Å²) in [7, 11) is 0. The van der Waals surface area contributed by atoms with E-state index >= 15 is 0 Å². The van der Waals surface area contributed by atoms with Crippen molar-refractivity contribution in [1.29, 1.82) is 0 Å². The summed E-state index contributed by atoms with van der Waals surface area (Å²) in [6, 6.07) is 0. The van der Waals surface area contributed by atoms with E-state index in [9.17, 15) is 4.79 Å². The van der Waals surface area contributed by atoms with Gasteiger partial charge in [-0.2, -0.15) is 13.8 Å². The Labute approximate surface area is 91.1 Å². The van der Waals surface area contributed by atoms with Crippen LogP contribution in [0, 0.1) is 13.8 Å². The summed E-state index contributed by atoms with van der Waals surface area (Å²) >= 11 is 1.17. The second kappa shape index (κ2) is 3.90. The molecule has 2 heterocycles. The lowest BCUT2D eigenvalue weighted by molar-refractivity contribution is 0.112. The molecule has 0 unspecified atom stereocenters. The topological polar surface area (TPSA) is 60.7 Å². The Balaban J connectivity index is 2.33. The molecule has 0 aliphatic heterocycles. The lowest BCUT2D eigenvalue weighted by Crippen LogP contribution is -2.04. The lowest BCUT2D eigenvalue weighted by atomic mass is 10.2. The van der Waals surface area contributed by atoms with E-state index in [4.69, 9.17) is 0 Å². The Morgan fingerprint density at radius 1 is 1.53 bits per heavy atom. The number of aryl methyl sites for hydroxylation is 1. The smallest absolute Gasteiger partial charge is 0.153 e. The van der Waals surface area contributed by atoms with Crippen molar-refractivity contribution in [3.8, 4) is 0 Å². The van der Waals surface area contributed by atoms with Gasteiger partial charge < -0.3 is 0 Å². The van der Waals surface area contributed by atoms with Crippen LogP contribution in [-0.4, -0.2) is 24.8 Å². The highest BCUT2D eigenvalue weighted by atomic mass is 32.1. The van der Waals surface area contributed by atoms with Gasteiger partial charge in [0.1, 0.15) is 0 Å². The molecule has 0 N–H and O–H groups in total. The van der Waals surface area contributed by atoms with Crippen molar-refractivity contribution in [2.75, 3.05) is 0 Å². The number of hydrogen-bond donors (Lipinski definition) is 0. The number of carbonyl (C=O) groups excluding carboxylic acids is 1. The fraction of sp³-hybridized carbons (Fsp3) is 0.333. The monoisotopic (exact) mass is 222 g/mol. The van der Waals surface area contributed by atoms with Gasteiger partial charge in [-0.3, -0.25) is 9.48 Å². The average molecular weight is 222 g/mol. The van der Waals surface area contributed by atoms with Gasteiger partial charge in [-0.25, -0.2) is 0 Å². The van der Waals surface area contributed by atoms with Crippen molar-refractivity contribution >= 4 is 18.0 Å². The number of nitrogens with zero attached hydrogens (tertiary/aromatic N) is 4. The van der Waals surface area contributed by atoms with Crippen molar-refractivity contribution < 1.29 is 4.79 Å². The molecular weight excluding hydrogens is 212 g/mol. The van der Waals surface area contributed by atoms with E-state index in [1.54, 1.807) is 10.9 Å². The molecule has 0 fully saturated rings. The molecule has 6 heteroatoms. The third-order valence-corrected chi connectivity index (χ3v) is 2.79. The number of carbonyl (C=O) groups is 1. The van der Waals surface area contributed by atoms with Crippen molar-refractivity contribution in [2.45, 2.75) is 20.4 Å². The maximum absolute atomic E-state index is 10.8. The summed E-state index contributed by atoms with van der Waals surface area (Å²) in [5, 5.41) is 4.28. The molecule has 0 amide bonds. The van der Waals surface area contributed by atoms with Gasteiger partial charge in [-0.15, -0.1) is 0 Å². The van der Waals surface area contributed by atoms with Gasteiger partial charge in [0.2, 0.25) is 0 Å². The van der Waals surface area contributed by atoms with Gasteiger partial charge in [0, 0.05) is 5.69 Å². The van der Waals surface area contributed by atoms with Crippen LogP contribution in [0.4, 0.5) is 0 Å². The van der Waals surface area contributed by atoms with Crippen LogP contribution in [0.15, 0.2) is 6.20 Å². The van der Waals surface area contributed by atoms with Crippen LogP contribution in [0.2, 0.25) is 0 Å². The molecule has 5 nitrogen and oxygen atoms in total. The minimum Gasteiger partial charge on any atom is -0.298 e. The second-order valence-electron chi connectivity index (χ2n) is 3.26. The van der Waals surface area contributed by atoms with Crippen LogP contribution in [0.1, 0.15) is 27.4 Å². The minimum atomic E-state index is 0.566. The first kappa shape index (κ1) is 9.97. The summed E-state index contributed by atoms with van der Waals surface area (Å²) in [5.74, 6) is 0. The summed E-state index contributed by atoms with van der Waals surface area (Å²) < 4.78 is 9.79. The molecule has 0 aliphatic rings. The summed E-state index contributed by atoms with van der Waals surface area (Å²) in [5.41, 5.74) is 3.16. The van der Waals surface area contributed by atoms with Crippen LogP contribution in [0.25, 0.3) is 0 Å². The van der Waals surface area contributed by atoms with Gasteiger partial charge in [0.15, 0.2) is 6.29 Å². The fourth-order valence-electron chi connectivity index (χ4n) is 1.44. The van der Waals surface area contributed by atoms with E-state index in [1.165, 1.54) is 11.7 Å². The van der Waals surface area contributed by atoms with Crippen molar-refractivity contribution in [3.63, 3.8) is 0 Å². The van der Waals surface area contributed by atoms with Gasteiger partial charge in [0.25, 0.3) is 0 Å². The van der Waals surface area contributed by atoms with Gasteiger partial charge >= 0.3 is 0 Å². The zero-order chi connectivity index (χ0) is 10.8. The molecule has 78 valence electrons. The number of aromatic nitrogens is 4. The highest BCUT2D eigenvalue weighted by molar-refractivity contribution is 6.99. The molecule has 0 bridgehead atoms. The van der Waals surface area contributed by atoms with Crippen molar-refractivity contribution in [2.24, 2.45) is 0 Å². The Hall–Kier alpha value is -1.56. The first-order valence-electron chi connectivity index (χ1n) is 4.48. The maximum Gasteiger partial charge on any atom is 0.153 e. The molecule has 2 rings (SSSR count). The molecule has 0 saturated heterocycles. The summed E-state index contributed by atoms with van der Waals surface area (Å²) in [6.45, 7) is 4.27. The van der Waals surface area contributed by atoms with Crippen LogP contribution < -0.4 is 0 Å². The normalized spacial score (nSPS) is 10.5. The molecular formula is C9H10N4OS. The highest BCUT2D eigenvalue weighted by Crippen LogP contribution is 2.11. The third kappa shape index (κ3) is 1.80. The lowest BCUT2D eigenvalue weighted by Gasteiger charge is -2.00. The summed E-state index contributed by atoms with van der Waals surface area (Å²) in [4.78, 5) is 10.8. The number of aldehydes is 1.